The van der Waals surface area contributed by atoms with Crippen LogP contribution in [0.4, 0.5) is 5.69 Å². The number of carboxylic acid groups (broad SMARTS) is 1. The van der Waals surface area contributed by atoms with Gasteiger partial charge >= 0.3 is 5.97 Å². The molecule has 0 radical (unpaired) electrons. The van der Waals surface area contributed by atoms with Gasteiger partial charge in [-0.1, -0.05) is 33.9 Å². The number of carbonyl (C=O) groups is 1. The lowest BCUT2D eigenvalue weighted by molar-refractivity contribution is -0.384. The van der Waals surface area contributed by atoms with Crippen molar-refractivity contribution in [1.29, 1.82) is 0 Å². The van der Waals surface area contributed by atoms with Crippen LogP contribution in [0.15, 0.2) is 40.5 Å². The molecule has 0 saturated heterocycles. The Hall–Kier alpha value is -2.07. The highest BCUT2D eigenvalue weighted by Crippen LogP contribution is 2.52. The Bertz CT molecular complexity index is 753. The minimum Gasteiger partial charge on any atom is -0.478 e. The highest BCUT2D eigenvalue weighted by Gasteiger charge is 2.40. The van der Waals surface area contributed by atoms with Crippen molar-refractivity contribution in [2.24, 2.45) is 4.99 Å². The summed E-state index contributed by atoms with van der Waals surface area (Å²) < 4.78 is 0. The lowest BCUT2D eigenvalue weighted by Gasteiger charge is -2.37. The fourth-order valence-electron chi connectivity index (χ4n) is 3.58. The largest absolute Gasteiger partial charge is 0.478 e. The van der Waals surface area contributed by atoms with E-state index in [-0.39, 0.29) is 16.9 Å². The Balaban J connectivity index is 2.68. The van der Waals surface area contributed by atoms with Gasteiger partial charge in [0, 0.05) is 35.1 Å². The van der Waals surface area contributed by atoms with Crippen molar-refractivity contribution in [3.63, 3.8) is 0 Å². The van der Waals surface area contributed by atoms with Crippen molar-refractivity contribution in [3.05, 3.63) is 51.2 Å². The molecule has 0 fully saturated rings. The molecule has 0 bridgehead atoms. The molecule has 7 heteroatoms. The van der Waals surface area contributed by atoms with Gasteiger partial charge in [0.25, 0.3) is 5.69 Å². The summed E-state index contributed by atoms with van der Waals surface area (Å²) in [6.45, 7) is 7.86. The highest BCUT2D eigenvalue weighted by atomic mass is 31.1. The van der Waals surface area contributed by atoms with E-state index in [1.807, 2.05) is 6.92 Å². The third-order valence-electron chi connectivity index (χ3n) is 4.66. The van der Waals surface area contributed by atoms with Crippen LogP contribution in [0, 0.1) is 10.1 Å². The fraction of sp³-hybridized carbons (Fsp3) is 0.444. The molecule has 1 heterocycles. The molecule has 1 aromatic rings. The molecule has 0 saturated carbocycles. The lowest BCUT2D eigenvalue weighted by Crippen LogP contribution is -2.33. The van der Waals surface area contributed by atoms with Crippen LogP contribution in [-0.2, 0) is 4.79 Å². The van der Waals surface area contributed by atoms with Gasteiger partial charge in [-0.3, -0.25) is 15.1 Å². The van der Waals surface area contributed by atoms with E-state index in [0.717, 1.165) is 18.0 Å². The van der Waals surface area contributed by atoms with Crippen molar-refractivity contribution >= 4 is 25.3 Å². The van der Waals surface area contributed by atoms with Crippen molar-refractivity contribution in [3.8, 4) is 0 Å². The second kappa shape index (κ2) is 7.87. The zero-order valence-electron chi connectivity index (χ0n) is 14.9. The smallest absolute Gasteiger partial charge is 0.334 e. The van der Waals surface area contributed by atoms with Crippen LogP contribution in [-0.4, -0.2) is 39.7 Å². The highest BCUT2D eigenvalue weighted by molar-refractivity contribution is 7.59. The molecule has 2 unspecified atom stereocenters. The van der Waals surface area contributed by atoms with Gasteiger partial charge in [0.05, 0.1) is 10.5 Å². The van der Waals surface area contributed by atoms with Crippen LogP contribution in [0.2, 0.25) is 0 Å². The molecule has 0 spiro atoms. The molecule has 1 aliphatic heterocycles. The summed E-state index contributed by atoms with van der Waals surface area (Å²) in [5.74, 6) is -1.40. The number of benzene rings is 1. The van der Waals surface area contributed by atoms with E-state index >= 15 is 0 Å². The monoisotopic (exact) mass is 362 g/mol. The SMILES string of the molecule is CCP(CC)C1C(C)=NC(C)=C(C(=O)O)C1c1cccc([N+](=O)[O-])c1. The van der Waals surface area contributed by atoms with Gasteiger partial charge in [-0.05, 0) is 31.7 Å². The number of allylic oxidation sites excluding steroid dienone is 1. The maximum Gasteiger partial charge on any atom is 0.334 e. The van der Waals surface area contributed by atoms with Gasteiger partial charge in [0.2, 0.25) is 0 Å². The molecule has 1 aromatic carbocycles. The third-order valence-corrected chi connectivity index (χ3v) is 7.75. The second-order valence-corrected chi connectivity index (χ2v) is 9.05. The molecule has 2 atom stereocenters. The Kier molecular flexibility index (Phi) is 6.07. The minimum atomic E-state index is -1.00. The lowest BCUT2D eigenvalue weighted by atomic mass is 9.83. The number of aliphatic carboxylic acids is 1. The number of hydrogen-bond donors (Lipinski definition) is 1. The summed E-state index contributed by atoms with van der Waals surface area (Å²) in [7, 11) is -0.470. The molecule has 134 valence electrons. The Labute approximate surface area is 148 Å². The van der Waals surface area contributed by atoms with Crippen LogP contribution in [0.3, 0.4) is 0 Å². The summed E-state index contributed by atoms with van der Waals surface area (Å²) in [6, 6.07) is 6.35. The predicted molar refractivity (Wildman–Crippen MR) is 101 cm³/mol. The molecule has 1 N–H and O–H groups in total. The molecule has 2 rings (SSSR count). The molecule has 1 aliphatic rings. The number of non-ortho nitro benzene ring substituents is 1. The number of hydrogen-bond acceptors (Lipinski definition) is 4. The number of nitro groups is 1. The molecule has 6 nitrogen and oxygen atoms in total. The topological polar surface area (TPSA) is 92.8 Å². The van der Waals surface area contributed by atoms with Gasteiger partial charge in [-0.25, -0.2) is 4.79 Å². The summed E-state index contributed by atoms with van der Waals surface area (Å²) in [5.41, 5.74) is 2.32. The Morgan fingerprint density at radius 2 is 1.96 bits per heavy atom. The van der Waals surface area contributed by atoms with Gasteiger partial charge in [0.1, 0.15) is 0 Å². The first-order valence-electron chi connectivity index (χ1n) is 8.29. The van der Waals surface area contributed by atoms with Crippen LogP contribution in [0.25, 0.3) is 0 Å². The van der Waals surface area contributed by atoms with Crippen molar-refractivity contribution in [2.45, 2.75) is 39.3 Å². The van der Waals surface area contributed by atoms with E-state index in [4.69, 9.17) is 0 Å². The van der Waals surface area contributed by atoms with E-state index in [2.05, 4.69) is 18.8 Å². The Morgan fingerprint density at radius 1 is 1.32 bits per heavy atom. The first-order valence-corrected chi connectivity index (χ1v) is 10.1. The maximum atomic E-state index is 12.0. The van der Waals surface area contributed by atoms with Gasteiger partial charge in [-0.15, -0.1) is 0 Å². The van der Waals surface area contributed by atoms with E-state index in [0.29, 0.717) is 11.3 Å². The van der Waals surface area contributed by atoms with E-state index in [1.165, 1.54) is 12.1 Å². The molecular formula is C18H23N2O4P. The summed E-state index contributed by atoms with van der Waals surface area (Å²) in [6.07, 6.45) is 1.92. The van der Waals surface area contributed by atoms with Crippen LogP contribution in [0.5, 0.6) is 0 Å². The quantitative estimate of drug-likeness (QED) is 0.461. The maximum absolute atomic E-state index is 12.0. The number of aliphatic imine (C=N–C) groups is 1. The Morgan fingerprint density at radius 3 is 2.48 bits per heavy atom. The van der Waals surface area contributed by atoms with E-state index < -0.39 is 24.7 Å². The van der Waals surface area contributed by atoms with E-state index in [9.17, 15) is 20.0 Å². The van der Waals surface area contributed by atoms with Crippen LogP contribution in [0.1, 0.15) is 39.2 Å². The molecule has 0 aliphatic carbocycles. The standard InChI is InChI=1S/C18H23N2O4P/c1-5-25(6-2)17-12(4)19-11(3)15(18(21)22)16(17)13-8-7-9-14(10-13)20(23)24/h7-10,16-17H,5-6H2,1-4H3,(H,21,22). The number of nitrogens with zero attached hydrogens (tertiary/aromatic N) is 2. The number of nitro benzene ring substituents is 1. The first kappa shape index (κ1) is 19.3. The van der Waals surface area contributed by atoms with Crippen LogP contribution >= 0.6 is 7.92 Å². The van der Waals surface area contributed by atoms with Gasteiger partial charge in [-0.2, -0.15) is 0 Å². The zero-order chi connectivity index (χ0) is 18.7. The zero-order valence-corrected chi connectivity index (χ0v) is 15.8. The van der Waals surface area contributed by atoms with Gasteiger partial charge in [0.15, 0.2) is 0 Å². The average molecular weight is 362 g/mol. The molecular weight excluding hydrogens is 339 g/mol. The molecule has 25 heavy (non-hydrogen) atoms. The number of rotatable bonds is 6. The summed E-state index contributed by atoms with van der Waals surface area (Å²) >= 11 is 0. The van der Waals surface area contributed by atoms with Crippen molar-refractivity contribution < 1.29 is 14.8 Å². The van der Waals surface area contributed by atoms with Crippen LogP contribution < -0.4 is 0 Å². The van der Waals surface area contributed by atoms with Crippen molar-refractivity contribution in [2.75, 3.05) is 12.3 Å². The fourth-order valence-corrected chi connectivity index (χ4v) is 6.14. The first-order chi connectivity index (χ1) is 11.8. The van der Waals surface area contributed by atoms with Crippen molar-refractivity contribution in [1.82, 2.24) is 0 Å². The van der Waals surface area contributed by atoms with Gasteiger partial charge < -0.3 is 5.11 Å². The molecule has 0 aromatic heterocycles. The predicted octanol–water partition coefficient (Wildman–Crippen LogP) is 4.40. The summed E-state index contributed by atoms with van der Waals surface area (Å²) in [5, 5.41) is 21.0. The molecule has 0 amide bonds. The summed E-state index contributed by atoms with van der Waals surface area (Å²) in [4.78, 5) is 27.2. The minimum absolute atomic E-state index is 0.0122. The normalized spacial score (nSPS) is 20.6. The average Bonchev–Trinajstić information content (AvgIpc) is 2.56. The van der Waals surface area contributed by atoms with E-state index in [1.54, 1.807) is 19.1 Å². The number of carboxylic acids is 1. The second-order valence-electron chi connectivity index (χ2n) is 6.05. The third kappa shape index (κ3) is 3.79.